The molecule has 0 aliphatic heterocycles. The first-order valence-corrected chi connectivity index (χ1v) is 8.24. The van der Waals surface area contributed by atoms with Gasteiger partial charge in [-0.25, -0.2) is 0 Å². The number of hydrogen-bond acceptors (Lipinski definition) is 3. The van der Waals surface area contributed by atoms with Crippen molar-refractivity contribution in [2.75, 3.05) is 6.54 Å². The highest BCUT2D eigenvalue weighted by atomic mass is 16.3. The Labute approximate surface area is 126 Å². The van der Waals surface area contributed by atoms with Crippen LogP contribution in [-0.2, 0) is 11.3 Å². The second-order valence-corrected chi connectivity index (χ2v) is 6.77. The molecule has 0 aromatic carbocycles. The second-order valence-electron chi connectivity index (χ2n) is 6.77. The molecule has 1 aromatic rings. The molecule has 2 saturated carbocycles. The van der Waals surface area contributed by atoms with Crippen LogP contribution in [0.4, 0.5) is 0 Å². The molecule has 0 saturated heterocycles. The third kappa shape index (κ3) is 3.49. The molecule has 116 valence electrons. The summed E-state index contributed by atoms with van der Waals surface area (Å²) in [6.45, 7) is 1.25. The number of nitrogens with two attached hydrogens (primary N) is 1. The normalized spacial score (nSPS) is 21.2. The standard InChI is InChI=1S/C17H26N2O2/c18-13-17(8-2-1-3-9-17)11-16(20)19(14-6-7-14)12-15-5-4-10-21-15/h4-5,10,14H,1-3,6-9,11-13,18H2. The Hall–Kier alpha value is -1.29. The first-order chi connectivity index (χ1) is 10.2. The highest BCUT2D eigenvalue weighted by molar-refractivity contribution is 5.77. The average Bonchev–Trinajstić information content (AvgIpc) is 3.22. The van der Waals surface area contributed by atoms with Crippen LogP contribution in [0.1, 0.15) is 57.1 Å². The van der Waals surface area contributed by atoms with E-state index in [-0.39, 0.29) is 11.3 Å². The number of hydrogen-bond donors (Lipinski definition) is 1. The lowest BCUT2D eigenvalue weighted by Crippen LogP contribution is -2.41. The number of nitrogens with zero attached hydrogens (tertiary/aromatic N) is 1. The minimum atomic E-state index is 0.0473. The van der Waals surface area contributed by atoms with Crippen LogP contribution in [0.2, 0.25) is 0 Å². The van der Waals surface area contributed by atoms with Gasteiger partial charge in [0.25, 0.3) is 0 Å². The first-order valence-electron chi connectivity index (χ1n) is 8.24. The zero-order chi connectivity index (χ0) is 14.7. The molecule has 1 heterocycles. The molecule has 2 aliphatic rings. The number of amides is 1. The van der Waals surface area contributed by atoms with Gasteiger partial charge in [0.1, 0.15) is 5.76 Å². The molecule has 1 amide bonds. The topological polar surface area (TPSA) is 59.5 Å². The lowest BCUT2D eigenvalue weighted by atomic mass is 9.71. The monoisotopic (exact) mass is 290 g/mol. The maximum atomic E-state index is 12.8. The van der Waals surface area contributed by atoms with Crippen LogP contribution >= 0.6 is 0 Å². The zero-order valence-corrected chi connectivity index (χ0v) is 12.7. The molecule has 1 aromatic heterocycles. The van der Waals surface area contributed by atoms with Gasteiger partial charge in [0, 0.05) is 12.5 Å². The number of carbonyl (C=O) groups is 1. The van der Waals surface area contributed by atoms with Crippen molar-refractivity contribution in [2.24, 2.45) is 11.1 Å². The fraction of sp³-hybridized carbons (Fsp3) is 0.706. The van der Waals surface area contributed by atoms with Crippen LogP contribution in [0.15, 0.2) is 22.8 Å². The first kappa shape index (κ1) is 14.6. The Morgan fingerprint density at radius 1 is 1.33 bits per heavy atom. The molecule has 0 atom stereocenters. The van der Waals surface area contributed by atoms with Crippen LogP contribution in [0.25, 0.3) is 0 Å². The Morgan fingerprint density at radius 2 is 2.10 bits per heavy atom. The van der Waals surface area contributed by atoms with Crippen LogP contribution in [0.3, 0.4) is 0 Å². The van der Waals surface area contributed by atoms with Crippen molar-refractivity contribution in [1.29, 1.82) is 0 Å². The van der Waals surface area contributed by atoms with Crippen molar-refractivity contribution in [3.8, 4) is 0 Å². The predicted molar refractivity (Wildman–Crippen MR) is 81.5 cm³/mol. The molecule has 0 unspecified atom stereocenters. The number of rotatable bonds is 6. The Kier molecular flexibility index (Phi) is 4.34. The summed E-state index contributed by atoms with van der Waals surface area (Å²) in [5.41, 5.74) is 6.07. The van der Waals surface area contributed by atoms with Gasteiger partial charge in [-0.15, -0.1) is 0 Å². The molecule has 21 heavy (non-hydrogen) atoms. The van der Waals surface area contributed by atoms with Gasteiger partial charge in [-0.05, 0) is 49.8 Å². The maximum Gasteiger partial charge on any atom is 0.223 e. The van der Waals surface area contributed by atoms with E-state index in [0.717, 1.165) is 31.4 Å². The van der Waals surface area contributed by atoms with E-state index in [2.05, 4.69) is 0 Å². The lowest BCUT2D eigenvalue weighted by molar-refractivity contribution is -0.135. The van der Waals surface area contributed by atoms with E-state index in [9.17, 15) is 4.79 Å². The molecule has 0 spiro atoms. The van der Waals surface area contributed by atoms with Gasteiger partial charge in [-0.1, -0.05) is 19.3 Å². The summed E-state index contributed by atoms with van der Waals surface area (Å²) in [5.74, 6) is 1.14. The highest BCUT2D eigenvalue weighted by Gasteiger charge is 2.38. The SMILES string of the molecule is NCC1(CC(=O)N(Cc2ccco2)C2CC2)CCCCC1. The van der Waals surface area contributed by atoms with Crippen LogP contribution < -0.4 is 5.73 Å². The summed E-state index contributed by atoms with van der Waals surface area (Å²) in [5, 5.41) is 0. The molecule has 2 fully saturated rings. The van der Waals surface area contributed by atoms with E-state index in [1.165, 1.54) is 19.3 Å². The van der Waals surface area contributed by atoms with Crippen LogP contribution in [0.5, 0.6) is 0 Å². The number of carbonyl (C=O) groups excluding carboxylic acids is 1. The summed E-state index contributed by atoms with van der Waals surface area (Å²) in [4.78, 5) is 14.8. The third-order valence-electron chi connectivity index (χ3n) is 5.09. The molecular formula is C17H26N2O2. The molecule has 2 aliphatic carbocycles. The van der Waals surface area contributed by atoms with Gasteiger partial charge in [0.05, 0.1) is 12.8 Å². The molecule has 0 bridgehead atoms. The van der Waals surface area contributed by atoms with Gasteiger partial charge >= 0.3 is 0 Å². The largest absolute Gasteiger partial charge is 0.467 e. The Balaban J connectivity index is 1.66. The third-order valence-corrected chi connectivity index (χ3v) is 5.09. The molecule has 4 nitrogen and oxygen atoms in total. The molecular weight excluding hydrogens is 264 g/mol. The van der Waals surface area contributed by atoms with Crippen molar-refractivity contribution in [3.63, 3.8) is 0 Å². The average molecular weight is 290 g/mol. The van der Waals surface area contributed by atoms with Crippen molar-refractivity contribution < 1.29 is 9.21 Å². The summed E-state index contributed by atoms with van der Waals surface area (Å²) < 4.78 is 5.41. The second kappa shape index (κ2) is 6.22. The number of furan rings is 1. The van der Waals surface area contributed by atoms with Gasteiger partial charge in [-0.3, -0.25) is 4.79 Å². The van der Waals surface area contributed by atoms with E-state index in [1.807, 2.05) is 17.0 Å². The van der Waals surface area contributed by atoms with E-state index >= 15 is 0 Å². The summed E-state index contributed by atoms with van der Waals surface area (Å²) in [7, 11) is 0. The molecule has 4 heteroatoms. The van der Waals surface area contributed by atoms with E-state index < -0.39 is 0 Å². The van der Waals surface area contributed by atoms with Crippen molar-refractivity contribution >= 4 is 5.91 Å². The van der Waals surface area contributed by atoms with Crippen LogP contribution in [-0.4, -0.2) is 23.4 Å². The van der Waals surface area contributed by atoms with Gasteiger partial charge < -0.3 is 15.1 Å². The van der Waals surface area contributed by atoms with E-state index in [1.54, 1.807) is 6.26 Å². The molecule has 3 rings (SSSR count). The summed E-state index contributed by atoms with van der Waals surface area (Å²) in [6, 6.07) is 4.25. The molecule has 0 radical (unpaired) electrons. The smallest absolute Gasteiger partial charge is 0.223 e. The summed E-state index contributed by atoms with van der Waals surface area (Å²) >= 11 is 0. The zero-order valence-electron chi connectivity index (χ0n) is 12.7. The quantitative estimate of drug-likeness (QED) is 0.876. The summed E-state index contributed by atoms with van der Waals surface area (Å²) in [6.07, 6.45) is 10.5. The van der Waals surface area contributed by atoms with Crippen molar-refractivity contribution in [3.05, 3.63) is 24.2 Å². The minimum absolute atomic E-state index is 0.0473. The Morgan fingerprint density at radius 3 is 2.67 bits per heavy atom. The highest BCUT2D eigenvalue weighted by Crippen LogP contribution is 2.40. The predicted octanol–water partition coefficient (Wildman–Crippen LogP) is 3.07. The van der Waals surface area contributed by atoms with Gasteiger partial charge in [0.15, 0.2) is 0 Å². The molecule has 2 N–H and O–H groups in total. The van der Waals surface area contributed by atoms with E-state index in [0.29, 0.717) is 25.6 Å². The maximum absolute atomic E-state index is 12.8. The fourth-order valence-corrected chi connectivity index (χ4v) is 3.55. The fourth-order valence-electron chi connectivity index (χ4n) is 3.55. The van der Waals surface area contributed by atoms with Crippen molar-refractivity contribution in [1.82, 2.24) is 4.90 Å². The van der Waals surface area contributed by atoms with E-state index in [4.69, 9.17) is 10.2 Å². The lowest BCUT2D eigenvalue weighted by Gasteiger charge is -2.37. The minimum Gasteiger partial charge on any atom is -0.467 e. The van der Waals surface area contributed by atoms with Crippen LogP contribution in [0, 0.1) is 5.41 Å². The van der Waals surface area contributed by atoms with Gasteiger partial charge in [-0.2, -0.15) is 0 Å². The van der Waals surface area contributed by atoms with Gasteiger partial charge in [0.2, 0.25) is 5.91 Å². The van der Waals surface area contributed by atoms with Crippen molar-refractivity contribution in [2.45, 2.75) is 64.0 Å². The Bertz CT molecular complexity index is 459.